The minimum Gasteiger partial charge on any atom is -0.489 e. The normalized spacial score (nSPS) is 19.9. The molecule has 0 saturated carbocycles. The highest BCUT2D eigenvalue weighted by atomic mass is 32.2. The Morgan fingerprint density at radius 3 is 2.64 bits per heavy atom. The van der Waals surface area contributed by atoms with E-state index in [0.29, 0.717) is 30.1 Å². The van der Waals surface area contributed by atoms with Crippen molar-refractivity contribution >= 4 is 33.5 Å². The van der Waals surface area contributed by atoms with Crippen LogP contribution in [0.4, 0.5) is 0 Å². The molecule has 1 aromatic heterocycles. The maximum Gasteiger partial charge on any atom is 0.251 e. The van der Waals surface area contributed by atoms with Gasteiger partial charge < -0.3 is 10.1 Å². The number of amides is 2. The predicted molar refractivity (Wildman–Crippen MR) is 124 cm³/mol. The van der Waals surface area contributed by atoms with E-state index in [4.69, 9.17) is 9.94 Å². The van der Waals surface area contributed by atoms with Gasteiger partial charge in [-0.15, -0.1) is 0 Å². The molecule has 2 heterocycles. The van der Waals surface area contributed by atoms with Crippen LogP contribution in [-0.4, -0.2) is 43.3 Å². The summed E-state index contributed by atoms with van der Waals surface area (Å²) in [5.74, 6) is 0.182. The van der Waals surface area contributed by atoms with Crippen LogP contribution in [0.3, 0.4) is 0 Å². The van der Waals surface area contributed by atoms with Crippen LogP contribution in [0.1, 0.15) is 34.5 Å². The molecule has 0 aliphatic carbocycles. The lowest BCUT2D eigenvalue weighted by Gasteiger charge is -2.28. The number of fused-ring (bicyclic) bond motifs is 1. The molecule has 8 nitrogen and oxygen atoms in total. The lowest BCUT2D eigenvalue weighted by Crippen LogP contribution is -2.51. The fourth-order valence-corrected chi connectivity index (χ4v) is 5.78. The minimum atomic E-state index is -1.12. The molecule has 1 aliphatic rings. The van der Waals surface area contributed by atoms with Gasteiger partial charge in [-0.25, -0.2) is 5.48 Å². The maximum absolute atomic E-state index is 12.8. The number of hydrogen-bond acceptors (Lipinski definition) is 6. The Balaban J connectivity index is 1.43. The number of hydroxylamine groups is 1. The van der Waals surface area contributed by atoms with Gasteiger partial charge in [0.25, 0.3) is 5.91 Å². The van der Waals surface area contributed by atoms with Gasteiger partial charge in [0.15, 0.2) is 0 Å². The number of hydrogen-bond donors (Lipinski definition) is 3. The lowest BCUT2D eigenvalue weighted by atomic mass is 9.93. The van der Waals surface area contributed by atoms with Crippen LogP contribution in [0.15, 0.2) is 54.6 Å². The molecule has 33 heavy (non-hydrogen) atoms. The first-order valence-electron chi connectivity index (χ1n) is 10.6. The average Bonchev–Trinajstić information content (AvgIpc) is 3.17. The Bertz CT molecular complexity index is 1210. The maximum atomic E-state index is 12.8. The van der Waals surface area contributed by atoms with E-state index in [-0.39, 0.29) is 18.1 Å². The molecule has 2 aromatic carbocycles. The number of aryl methyl sites for hydroxylation is 1. The summed E-state index contributed by atoms with van der Waals surface area (Å²) >= 11 is 0. The summed E-state index contributed by atoms with van der Waals surface area (Å²) in [4.78, 5) is 29.0. The summed E-state index contributed by atoms with van der Waals surface area (Å²) in [5, 5.41) is 12.7. The Kier molecular flexibility index (Phi) is 6.71. The zero-order chi connectivity index (χ0) is 23.4. The Labute approximate surface area is 193 Å². The molecule has 0 bridgehead atoms. The lowest BCUT2D eigenvalue weighted by molar-refractivity contribution is -0.130. The summed E-state index contributed by atoms with van der Waals surface area (Å²) in [6.45, 7) is 2.31. The number of nitrogens with one attached hydrogen (secondary N) is 2. The molecule has 3 N–H and O–H groups in total. The van der Waals surface area contributed by atoms with Gasteiger partial charge in [-0.3, -0.25) is 24.0 Å². The van der Waals surface area contributed by atoms with Crippen LogP contribution >= 0.6 is 0 Å². The van der Waals surface area contributed by atoms with Crippen molar-refractivity contribution in [3.05, 3.63) is 71.4 Å². The second-order valence-corrected chi connectivity index (χ2v) is 9.81. The van der Waals surface area contributed by atoms with Crippen LogP contribution < -0.4 is 15.5 Å². The van der Waals surface area contributed by atoms with Crippen LogP contribution in [0.5, 0.6) is 5.75 Å². The van der Waals surface area contributed by atoms with Crippen LogP contribution in [0, 0.1) is 6.92 Å². The zero-order valence-corrected chi connectivity index (χ0v) is 19.0. The molecule has 3 aromatic rings. The van der Waals surface area contributed by atoms with Crippen molar-refractivity contribution in [2.24, 2.45) is 0 Å². The molecule has 1 saturated heterocycles. The van der Waals surface area contributed by atoms with Gasteiger partial charge in [-0.1, -0.05) is 18.2 Å². The number of rotatable bonds is 7. The number of carbonyl (C=O) groups is 2. The van der Waals surface area contributed by atoms with Gasteiger partial charge in [0.2, 0.25) is 5.91 Å². The second-order valence-electron chi connectivity index (χ2n) is 8.24. The highest BCUT2D eigenvalue weighted by molar-refractivity contribution is 7.85. The Morgan fingerprint density at radius 1 is 1.18 bits per heavy atom. The van der Waals surface area contributed by atoms with Crippen molar-refractivity contribution < 1.29 is 23.7 Å². The van der Waals surface area contributed by atoms with E-state index in [9.17, 15) is 13.8 Å². The first kappa shape index (κ1) is 22.9. The van der Waals surface area contributed by atoms with Crippen molar-refractivity contribution in [1.82, 2.24) is 15.8 Å². The molecule has 2 atom stereocenters. The van der Waals surface area contributed by atoms with Crippen molar-refractivity contribution in [2.45, 2.75) is 31.9 Å². The first-order valence-corrected chi connectivity index (χ1v) is 12.0. The fraction of sp³-hybridized carbons (Fsp3) is 0.292. The largest absolute Gasteiger partial charge is 0.489 e. The number of para-hydroxylation sites is 1. The van der Waals surface area contributed by atoms with Gasteiger partial charge in [0.05, 0.1) is 17.5 Å². The van der Waals surface area contributed by atoms with E-state index in [1.54, 1.807) is 29.7 Å². The number of aromatic nitrogens is 1. The Hall–Kier alpha value is -3.30. The molecule has 0 radical (unpaired) electrons. The van der Waals surface area contributed by atoms with Crippen LogP contribution in [0.25, 0.3) is 10.9 Å². The molecule has 172 valence electrons. The van der Waals surface area contributed by atoms with Gasteiger partial charge in [0.1, 0.15) is 12.4 Å². The molecule has 2 unspecified atom stereocenters. The fourth-order valence-electron chi connectivity index (χ4n) is 4.08. The number of nitrogens with zero attached hydrogens (tertiary/aromatic N) is 1. The van der Waals surface area contributed by atoms with E-state index < -0.39 is 22.2 Å². The number of pyridine rings is 1. The number of benzene rings is 2. The van der Waals surface area contributed by atoms with Crippen molar-refractivity contribution in [3.63, 3.8) is 0 Å². The number of ether oxygens (including phenoxy) is 1. The summed E-state index contributed by atoms with van der Waals surface area (Å²) < 4.78 is 17.9. The van der Waals surface area contributed by atoms with Crippen molar-refractivity contribution in [3.8, 4) is 5.75 Å². The molecule has 2 amide bonds. The molecular formula is C24H25N3O5S. The Morgan fingerprint density at radius 2 is 1.94 bits per heavy atom. The molecule has 1 aliphatic heterocycles. The highest BCUT2D eigenvalue weighted by Gasteiger charge is 2.41. The van der Waals surface area contributed by atoms with E-state index in [2.05, 4.69) is 10.3 Å². The number of carbonyl (C=O) groups excluding carboxylic acids is 2. The summed E-state index contributed by atoms with van der Waals surface area (Å²) in [6, 6.07) is 16.6. The van der Waals surface area contributed by atoms with Crippen molar-refractivity contribution in [2.75, 3.05) is 11.5 Å². The quantitative estimate of drug-likeness (QED) is 0.363. The van der Waals surface area contributed by atoms with Gasteiger partial charge in [0, 0.05) is 44.5 Å². The first-order chi connectivity index (χ1) is 15.9. The molecule has 9 heteroatoms. The summed E-state index contributed by atoms with van der Waals surface area (Å²) in [5.41, 5.74) is 3.90. The highest BCUT2D eigenvalue weighted by Crippen LogP contribution is 2.26. The minimum absolute atomic E-state index is 0.137. The van der Waals surface area contributed by atoms with Gasteiger partial charge in [-0.2, -0.15) is 0 Å². The second kappa shape index (κ2) is 9.68. The third-order valence-corrected chi connectivity index (χ3v) is 7.22. The molecule has 1 fully saturated rings. The van der Waals surface area contributed by atoms with E-state index in [1.165, 1.54) is 0 Å². The van der Waals surface area contributed by atoms with E-state index in [0.717, 1.165) is 22.2 Å². The zero-order valence-electron chi connectivity index (χ0n) is 18.2. The van der Waals surface area contributed by atoms with E-state index in [1.807, 2.05) is 37.3 Å². The molecular weight excluding hydrogens is 442 g/mol. The van der Waals surface area contributed by atoms with E-state index >= 15 is 0 Å². The third kappa shape index (κ3) is 5.37. The average molecular weight is 468 g/mol. The molecule has 4 rings (SSSR count). The van der Waals surface area contributed by atoms with Crippen LogP contribution in [-0.2, 0) is 22.2 Å². The van der Waals surface area contributed by atoms with Crippen molar-refractivity contribution in [1.29, 1.82) is 0 Å². The van der Waals surface area contributed by atoms with Gasteiger partial charge >= 0.3 is 0 Å². The monoisotopic (exact) mass is 467 g/mol. The summed E-state index contributed by atoms with van der Waals surface area (Å²) in [7, 11) is -1.12. The topological polar surface area (TPSA) is 118 Å². The SMILES string of the molecule is Cc1cc(COc2ccc(C(=O)NC3(CC(=O)NO)CCS(=O)C3)cc2)c2ccccc2n1. The smallest absolute Gasteiger partial charge is 0.251 e. The molecule has 0 spiro atoms. The van der Waals surface area contributed by atoms with Gasteiger partial charge in [-0.05, 0) is 49.7 Å². The van der Waals surface area contributed by atoms with Crippen LogP contribution in [0.2, 0.25) is 0 Å². The standard InChI is InChI=1S/C24H25N3O5S/c1-16-12-18(20-4-2-3-5-21(20)25-16)14-32-19-8-6-17(7-9-19)23(29)26-24(13-22(28)27-30)10-11-33(31)15-24/h2-9,12,30H,10-11,13-15H2,1H3,(H,26,29)(H,27,28). The summed E-state index contributed by atoms with van der Waals surface area (Å²) in [6.07, 6.45) is 0.265. The third-order valence-electron chi connectivity index (χ3n) is 5.69. The predicted octanol–water partition coefficient (Wildman–Crippen LogP) is 2.64.